The molecule has 4 heteroatoms. The van der Waals surface area contributed by atoms with Gasteiger partial charge < -0.3 is 10.6 Å². The van der Waals surface area contributed by atoms with Gasteiger partial charge in [-0.3, -0.25) is 4.79 Å². The van der Waals surface area contributed by atoms with E-state index >= 15 is 0 Å². The van der Waals surface area contributed by atoms with Gasteiger partial charge in [0.1, 0.15) is 0 Å². The van der Waals surface area contributed by atoms with Gasteiger partial charge in [0, 0.05) is 23.5 Å². The Hall–Kier alpha value is -0.220. The van der Waals surface area contributed by atoms with Crippen LogP contribution >= 0.6 is 12.6 Å². The Labute approximate surface area is 104 Å². The first-order valence-corrected chi connectivity index (χ1v) is 6.57. The van der Waals surface area contributed by atoms with E-state index in [1.807, 2.05) is 0 Å². The van der Waals surface area contributed by atoms with Crippen molar-refractivity contribution >= 4 is 18.5 Å². The zero-order valence-electron chi connectivity index (χ0n) is 10.8. The van der Waals surface area contributed by atoms with Crippen molar-refractivity contribution in [3.05, 3.63) is 0 Å². The van der Waals surface area contributed by atoms with Crippen LogP contribution in [-0.4, -0.2) is 28.8 Å². The van der Waals surface area contributed by atoms with Crippen molar-refractivity contribution in [1.29, 1.82) is 0 Å². The highest BCUT2D eigenvalue weighted by molar-refractivity contribution is 7.80. The van der Waals surface area contributed by atoms with Crippen LogP contribution in [0.15, 0.2) is 0 Å². The first kappa shape index (κ1) is 13.8. The molecule has 0 unspecified atom stereocenters. The van der Waals surface area contributed by atoms with E-state index in [9.17, 15) is 4.79 Å². The highest BCUT2D eigenvalue weighted by Gasteiger charge is 2.37. The highest BCUT2D eigenvalue weighted by Crippen LogP contribution is 2.28. The lowest BCUT2D eigenvalue weighted by Gasteiger charge is -2.46. The predicted octanol–water partition coefficient (Wildman–Crippen LogP) is 1.73. The first-order valence-electron chi connectivity index (χ1n) is 5.94. The summed E-state index contributed by atoms with van der Waals surface area (Å²) < 4.78 is 0. The van der Waals surface area contributed by atoms with E-state index in [-0.39, 0.29) is 23.0 Å². The van der Waals surface area contributed by atoms with Crippen LogP contribution in [-0.2, 0) is 4.79 Å². The van der Waals surface area contributed by atoms with Gasteiger partial charge in [0.25, 0.3) is 0 Å². The lowest BCUT2D eigenvalue weighted by atomic mass is 9.79. The molecule has 0 spiro atoms. The number of nitrogens with one attached hydrogen (secondary N) is 2. The van der Waals surface area contributed by atoms with Gasteiger partial charge in [-0.2, -0.15) is 12.6 Å². The van der Waals surface area contributed by atoms with E-state index in [4.69, 9.17) is 0 Å². The summed E-state index contributed by atoms with van der Waals surface area (Å²) in [7, 11) is 0. The Morgan fingerprint density at radius 1 is 1.31 bits per heavy atom. The molecule has 1 aliphatic rings. The molecule has 1 aliphatic heterocycles. The standard InChI is InChI=1S/C12H24N2OS/c1-11(2)7-9(8-12(3,4)14-11)13-10(15)5-6-16/h9,14,16H,5-8H2,1-4H3,(H,13,15). The number of hydrogen-bond acceptors (Lipinski definition) is 3. The number of carbonyl (C=O) groups excluding carboxylic acids is 1. The number of rotatable bonds is 3. The number of carbonyl (C=O) groups is 1. The van der Waals surface area contributed by atoms with Crippen molar-refractivity contribution in [3.63, 3.8) is 0 Å². The largest absolute Gasteiger partial charge is 0.353 e. The average molecular weight is 244 g/mol. The summed E-state index contributed by atoms with van der Waals surface area (Å²) >= 11 is 4.07. The predicted molar refractivity (Wildman–Crippen MR) is 70.9 cm³/mol. The monoisotopic (exact) mass is 244 g/mol. The van der Waals surface area contributed by atoms with E-state index in [1.54, 1.807) is 0 Å². The smallest absolute Gasteiger partial charge is 0.221 e. The molecule has 0 atom stereocenters. The van der Waals surface area contributed by atoms with E-state index in [0.717, 1.165) is 12.8 Å². The minimum Gasteiger partial charge on any atom is -0.353 e. The second-order valence-corrected chi connectivity index (χ2v) is 6.49. The molecule has 1 saturated heterocycles. The summed E-state index contributed by atoms with van der Waals surface area (Å²) in [4.78, 5) is 11.6. The Kier molecular flexibility index (Phi) is 4.29. The van der Waals surface area contributed by atoms with Crippen LogP contribution in [0.3, 0.4) is 0 Å². The average Bonchev–Trinajstić information content (AvgIpc) is 1.96. The van der Waals surface area contributed by atoms with E-state index in [0.29, 0.717) is 12.2 Å². The van der Waals surface area contributed by atoms with Gasteiger partial charge in [-0.1, -0.05) is 0 Å². The Morgan fingerprint density at radius 3 is 2.25 bits per heavy atom. The highest BCUT2D eigenvalue weighted by atomic mass is 32.1. The fraction of sp³-hybridized carbons (Fsp3) is 0.917. The van der Waals surface area contributed by atoms with Crippen LogP contribution < -0.4 is 10.6 Å². The quantitative estimate of drug-likeness (QED) is 0.662. The minimum atomic E-state index is 0.0840. The van der Waals surface area contributed by atoms with Crippen molar-refractivity contribution in [2.75, 3.05) is 5.75 Å². The number of piperidine rings is 1. The fourth-order valence-electron chi connectivity index (χ4n) is 2.83. The molecular weight excluding hydrogens is 220 g/mol. The zero-order chi connectivity index (χ0) is 12.4. The third-order valence-corrected chi connectivity index (χ3v) is 3.12. The number of thiol groups is 1. The number of hydrogen-bond donors (Lipinski definition) is 3. The van der Waals surface area contributed by atoms with Crippen LogP contribution in [0.25, 0.3) is 0 Å². The molecule has 2 N–H and O–H groups in total. The summed E-state index contributed by atoms with van der Waals surface area (Å²) in [6, 6.07) is 0.277. The van der Waals surface area contributed by atoms with Crippen molar-refractivity contribution in [2.24, 2.45) is 0 Å². The molecule has 1 rings (SSSR count). The molecule has 0 bridgehead atoms. The fourth-order valence-corrected chi connectivity index (χ4v) is 3.03. The van der Waals surface area contributed by atoms with Gasteiger partial charge in [0.05, 0.1) is 0 Å². The third-order valence-electron chi connectivity index (χ3n) is 2.89. The van der Waals surface area contributed by atoms with Gasteiger partial charge in [0.15, 0.2) is 0 Å². The molecule has 1 amide bonds. The summed E-state index contributed by atoms with van der Waals surface area (Å²) in [6.45, 7) is 8.74. The van der Waals surface area contributed by atoms with Crippen molar-refractivity contribution in [1.82, 2.24) is 10.6 Å². The molecule has 94 valence electrons. The molecule has 0 aromatic carbocycles. The van der Waals surface area contributed by atoms with Gasteiger partial charge in [-0.15, -0.1) is 0 Å². The second-order valence-electron chi connectivity index (χ2n) is 6.04. The summed E-state index contributed by atoms with van der Waals surface area (Å²) in [5.74, 6) is 0.734. The lowest BCUT2D eigenvalue weighted by Crippen LogP contribution is -2.62. The van der Waals surface area contributed by atoms with Crippen molar-refractivity contribution < 1.29 is 4.79 Å². The van der Waals surface area contributed by atoms with Gasteiger partial charge >= 0.3 is 0 Å². The van der Waals surface area contributed by atoms with E-state index < -0.39 is 0 Å². The Morgan fingerprint density at radius 2 is 1.81 bits per heavy atom. The summed E-state index contributed by atoms with van der Waals surface area (Å²) in [6.07, 6.45) is 2.47. The molecule has 0 radical (unpaired) electrons. The van der Waals surface area contributed by atoms with Crippen LogP contribution in [0.5, 0.6) is 0 Å². The molecule has 0 aliphatic carbocycles. The van der Waals surface area contributed by atoms with Gasteiger partial charge in [-0.25, -0.2) is 0 Å². The maximum atomic E-state index is 11.6. The normalized spacial score (nSPS) is 24.1. The van der Waals surface area contributed by atoms with Crippen molar-refractivity contribution in [3.8, 4) is 0 Å². The zero-order valence-corrected chi connectivity index (χ0v) is 11.7. The van der Waals surface area contributed by atoms with Crippen LogP contribution in [0.4, 0.5) is 0 Å². The summed E-state index contributed by atoms with van der Waals surface area (Å²) in [5.41, 5.74) is 0.168. The molecule has 0 saturated carbocycles. The maximum Gasteiger partial charge on any atom is 0.221 e. The molecule has 1 fully saturated rings. The first-order chi connectivity index (χ1) is 7.24. The van der Waals surface area contributed by atoms with E-state index in [1.165, 1.54) is 0 Å². The van der Waals surface area contributed by atoms with E-state index in [2.05, 4.69) is 51.0 Å². The topological polar surface area (TPSA) is 41.1 Å². The maximum absolute atomic E-state index is 11.6. The lowest BCUT2D eigenvalue weighted by molar-refractivity contribution is -0.121. The second kappa shape index (κ2) is 4.96. The minimum absolute atomic E-state index is 0.0840. The molecule has 3 nitrogen and oxygen atoms in total. The molecular formula is C12H24N2OS. The van der Waals surface area contributed by atoms with Gasteiger partial charge in [-0.05, 0) is 46.3 Å². The van der Waals surface area contributed by atoms with Crippen LogP contribution in [0.2, 0.25) is 0 Å². The Bertz CT molecular complexity index is 248. The van der Waals surface area contributed by atoms with Gasteiger partial charge in [0.2, 0.25) is 5.91 Å². The molecule has 16 heavy (non-hydrogen) atoms. The Balaban J connectivity index is 2.57. The molecule has 0 aromatic heterocycles. The van der Waals surface area contributed by atoms with Crippen LogP contribution in [0.1, 0.15) is 47.0 Å². The third kappa shape index (κ3) is 4.34. The summed E-state index contributed by atoms with van der Waals surface area (Å²) in [5, 5.41) is 6.70. The molecule has 1 heterocycles. The van der Waals surface area contributed by atoms with Crippen LogP contribution in [0, 0.1) is 0 Å². The number of amides is 1. The molecule has 0 aromatic rings. The van der Waals surface area contributed by atoms with Crippen molar-refractivity contribution in [2.45, 2.75) is 64.1 Å². The SMILES string of the molecule is CC1(C)CC(NC(=O)CCS)CC(C)(C)N1.